The first-order chi connectivity index (χ1) is 15.7. The van der Waals surface area contributed by atoms with E-state index >= 15 is 0 Å². The van der Waals surface area contributed by atoms with Gasteiger partial charge in [-0.05, 0) is 48.5 Å². The minimum atomic E-state index is -4.06. The lowest BCUT2D eigenvalue weighted by atomic mass is 10.1. The van der Waals surface area contributed by atoms with Crippen molar-refractivity contribution in [1.29, 1.82) is 0 Å². The van der Waals surface area contributed by atoms with Gasteiger partial charge in [-0.3, -0.25) is 14.4 Å². The molecule has 12 heteroatoms. The van der Waals surface area contributed by atoms with Crippen molar-refractivity contribution in [3.63, 3.8) is 0 Å². The number of aromatic nitrogens is 2. The average molecular weight is 472 g/mol. The van der Waals surface area contributed by atoms with Crippen LogP contribution in [0.25, 0.3) is 0 Å². The van der Waals surface area contributed by atoms with Crippen molar-refractivity contribution in [2.24, 2.45) is 0 Å². The Kier molecular flexibility index (Phi) is 6.78. The Morgan fingerprint density at radius 3 is 2.00 bits per heavy atom. The van der Waals surface area contributed by atoms with Crippen LogP contribution in [0.1, 0.15) is 17.3 Å². The summed E-state index contributed by atoms with van der Waals surface area (Å²) in [5, 5.41) is 9.05. The van der Waals surface area contributed by atoms with E-state index in [9.17, 15) is 18.0 Å². The predicted octanol–water partition coefficient (Wildman–Crippen LogP) is 2.68. The smallest absolute Gasteiger partial charge is 0.335 e. The zero-order valence-electron chi connectivity index (χ0n) is 17.8. The summed E-state index contributed by atoms with van der Waals surface area (Å²) >= 11 is 0. The monoisotopic (exact) mass is 472 g/mol. The van der Waals surface area contributed by atoms with Gasteiger partial charge in [0, 0.05) is 18.3 Å². The zero-order chi connectivity index (χ0) is 24.2. The molecule has 0 bridgehead atoms. The Hall–Kier alpha value is -4.19. The molecule has 3 rings (SSSR count). The fourth-order valence-electron chi connectivity index (χ4n) is 2.99. The molecule has 0 unspecified atom stereocenters. The molecule has 0 aliphatic rings. The summed E-state index contributed by atoms with van der Waals surface area (Å²) in [7, 11) is -1.37. The van der Waals surface area contributed by atoms with Gasteiger partial charge in [0.05, 0.1) is 24.7 Å². The molecule has 2 aromatic carbocycles. The summed E-state index contributed by atoms with van der Waals surface area (Å²) in [6.07, 6.45) is 1.13. The normalized spacial score (nSPS) is 10.9. The lowest BCUT2D eigenvalue weighted by Gasteiger charge is -2.22. The number of nitrogens with zero attached hydrogens (tertiary/aromatic N) is 3. The predicted molar refractivity (Wildman–Crippen MR) is 119 cm³/mol. The SMILES string of the molecule is COc1ncnc(NS(=O)(=O)c2ccc(N(C(C)=O)c3ccc(C(=O)O)cc3)cc2)c1OC. The van der Waals surface area contributed by atoms with Gasteiger partial charge in [-0.1, -0.05) is 0 Å². The van der Waals surface area contributed by atoms with Gasteiger partial charge in [-0.25, -0.2) is 18.2 Å². The molecular formula is C21H20N4O7S. The average Bonchev–Trinajstić information content (AvgIpc) is 2.79. The van der Waals surface area contributed by atoms with Crippen molar-refractivity contribution in [3.05, 3.63) is 60.4 Å². The lowest BCUT2D eigenvalue weighted by molar-refractivity contribution is -0.115. The summed E-state index contributed by atoms with van der Waals surface area (Å²) in [6, 6.07) is 11.3. The summed E-state index contributed by atoms with van der Waals surface area (Å²) in [5.41, 5.74) is 0.899. The number of carbonyl (C=O) groups excluding carboxylic acids is 1. The number of aromatic carboxylic acids is 1. The number of benzene rings is 2. The standard InChI is InChI=1S/C21H20N4O7S/c1-13(26)25(15-6-4-14(5-7-15)21(27)28)16-8-10-17(11-9-16)33(29,30)24-19-18(31-2)20(32-3)23-12-22-19/h4-12H,1-3H3,(H,27,28)(H,22,23,24). The molecule has 172 valence electrons. The molecule has 0 saturated carbocycles. The van der Waals surface area contributed by atoms with Gasteiger partial charge >= 0.3 is 5.97 Å². The number of hydrogen-bond donors (Lipinski definition) is 2. The van der Waals surface area contributed by atoms with Crippen molar-refractivity contribution in [3.8, 4) is 11.6 Å². The fourth-order valence-corrected chi connectivity index (χ4v) is 4.00. The van der Waals surface area contributed by atoms with Gasteiger partial charge in [0.15, 0.2) is 5.82 Å². The molecule has 1 amide bonds. The van der Waals surface area contributed by atoms with E-state index < -0.39 is 16.0 Å². The van der Waals surface area contributed by atoms with Crippen LogP contribution >= 0.6 is 0 Å². The highest BCUT2D eigenvalue weighted by molar-refractivity contribution is 7.92. The van der Waals surface area contributed by atoms with Crippen LogP contribution in [0.3, 0.4) is 0 Å². The molecule has 0 aliphatic heterocycles. The highest BCUT2D eigenvalue weighted by Gasteiger charge is 2.22. The van der Waals surface area contributed by atoms with Crippen molar-refractivity contribution >= 4 is 39.1 Å². The van der Waals surface area contributed by atoms with E-state index in [1.165, 1.54) is 74.6 Å². The first-order valence-electron chi connectivity index (χ1n) is 9.38. The number of hydrogen-bond acceptors (Lipinski definition) is 8. The minimum Gasteiger partial charge on any atom is -0.489 e. The molecule has 11 nitrogen and oxygen atoms in total. The highest BCUT2D eigenvalue weighted by Crippen LogP contribution is 2.32. The second-order valence-corrected chi connectivity index (χ2v) is 8.25. The van der Waals surface area contributed by atoms with Crippen molar-refractivity contribution in [2.75, 3.05) is 23.8 Å². The van der Waals surface area contributed by atoms with Gasteiger partial charge < -0.3 is 14.6 Å². The maximum Gasteiger partial charge on any atom is 0.335 e. The molecule has 0 radical (unpaired) electrons. The molecule has 0 fully saturated rings. The number of ether oxygens (including phenoxy) is 2. The Bertz CT molecular complexity index is 1280. The molecule has 1 aromatic heterocycles. The van der Waals surface area contributed by atoms with E-state index in [-0.39, 0.29) is 33.8 Å². The number of anilines is 3. The minimum absolute atomic E-state index is 0.0211. The Labute approximate surface area is 189 Å². The second kappa shape index (κ2) is 9.53. The highest BCUT2D eigenvalue weighted by atomic mass is 32.2. The molecule has 1 heterocycles. The number of carboxylic acids is 1. The zero-order valence-corrected chi connectivity index (χ0v) is 18.7. The van der Waals surface area contributed by atoms with Crippen LogP contribution in [-0.2, 0) is 14.8 Å². The number of nitrogens with one attached hydrogen (secondary N) is 1. The summed E-state index contributed by atoms with van der Waals surface area (Å²) in [4.78, 5) is 32.3. The number of rotatable bonds is 8. The third kappa shape index (κ3) is 5.01. The van der Waals surface area contributed by atoms with E-state index in [1.807, 2.05) is 0 Å². The maximum atomic E-state index is 12.9. The maximum absolute atomic E-state index is 12.9. The van der Waals surface area contributed by atoms with Crippen LogP contribution in [-0.4, -0.2) is 49.6 Å². The van der Waals surface area contributed by atoms with E-state index in [0.717, 1.165) is 6.33 Å². The van der Waals surface area contributed by atoms with Gasteiger partial charge in [-0.2, -0.15) is 4.98 Å². The quantitative estimate of drug-likeness (QED) is 0.505. The van der Waals surface area contributed by atoms with Crippen LogP contribution in [0.5, 0.6) is 11.6 Å². The summed E-state index contributed by atoms with van der Waals surface area (Å²) in [6.45, 7) is 1.34. The molecule has 33 heavy (non-hydrogen) atoms. The Morgan fingerprint density at radius 2 is 1.52 bits per heavy atom. The molecule has 0 spiro atoms. The van der Waals surface area contributed by atoms with Gasteiger partial charge in [0.2, 0.25) is 11.7 Å². The van der Waals surface area contributed by atoms with Gasteiger partial charge in [-0.15, -0.1) is 0 Å². The molecule has 0 saturated heterocycles. The lowest BCUT2D eigenvalue weighted by Crippen LogP contribution is -2.23. The number of methoxy groups -OCH3 is 2. The third-order valence-corrected chi connectivity index (χ3v) is 5.85. The number of sulfonamides is 1. The van der Waals surface area contributed by atoms with Crippen LogP contribution in [0.15, 0.2) is 59.8 Å². The molecule has 0 atom stereocenters. The van der Waals surface area contributed by atoms with Crippen molar-refractivity contribution < 1.29 is 32.6 Å². The summed E-state index contributed by atoms with van der Waals surface area (Å²) in [5.74, 6) is -1.45. The van der Waals surface area contributed by atoms with Crippen molar-refractivity contribution in [2.45, 2.75) is 11.8 Å². The summed E-state index contributed by atoms with van der Waals surface area (Å²) < 4.78 is 38.2. The van der Waals surface area contributed by atoms with E-state index in [1.54, 1.807) is 0 Å². The first kappa shape index (κ1) is 23.5. The van der Waals surface area contributed by atoms with Crippen molar-refractivity contribution in [1.82, 2.24) is 9.97 Å². The largest absolute Gasteiger partial charge is 0.489 e. The molecule has 2 N–H and O–H groups in total. The van der Waals surface area contributed by atoms with Gasteiger partial charge in [0.25, 0.3) is 15.9 Å². The molecule has 3 aromatic rings. The van der Waals surface area contributed by atoms with Crippen LogP contribution in [0, 0.1) is 0 Å². The van der Waals surface area contributed by atoms with E-state index in [2.05, 4.69) is 14.7 Å². The number of amides is 1. The number of carboxylic acid groups (broad SMARTS) is 1. The van der Waals surface area contributed by atoms with E-state index in [4.69, 9.17) is 14.6 Å². The Morgan fingerprint density at radius 1 is 0.939 bits per heavy atom. The third-order valence-electron chi connectivity index (χ3n) is 4.49. The van der Waals surface area contributed by atoms with E-state index in [0.29, 0.717) is 11.4 Å². The Balaban J connectivity index is 1.90. The van der Waals surface area contributed by atoms with Crippen LogP contribution in [0.4, 0.5) is 17.2 Å². The second-order valence-electron chi connectivity index (χ2n) is 6.57. The topological polar surface area (TPSA) is 148 Å². The fraction of sp³-hybridized carbons (Fsp3) is 0.143. The van der Waals surface area contributed by atoms with Crippen LogP contribution < -0.4 is 19.1 Å². The molecular weight excluding hydrogens is 452 g/mol. The number of carbonyl (C=O) groups is 2. The first-order valence-corrected chi connectivity index (χ1v) is 10.9. The van der Waals surface area contributed by atoms with Gasteiger partial charge in [0.1, 0.15) is 6.33 Å². The molecule has 0 aliphatic carbocycles. The van der Waals surface area contributed by atoms with Crippen LogP contribution in [0.2, 0.25) is 0 Å².